The Morgan fingerprint density at radius 3 is 2.39 bits per heavy atom. The van der Waals surface area contributed by atoms with E-state index >= 15 is 0 Å². The largest absolute Gasteiger partial charge is 0.416 e. The first-order valence-electron chi connectivity index (χ1n) is 14.2. The van der Waals surface area contributed by atoms with Crippen LogP contribution in [0.5, 0.6) is 0 Å². The highest BCUT2D eigenvalue weighted by atomic mass is 32.2. The number of benzene rings is 2. The van der Waals surface area contributed by atoms with E-state index in [0.29, 0.717) is 42.7 Å². The summed E-state index contributed by atoms with van der Waals surface area (Å²) in [7, 11) is -3.57. The fourth-order valence-corrected chi connectivity index (χ4v) is 6.15. The zero-order chi connectivity index (χ0) is 32.1. The monoisotopic (exact) mass is 642 g/mol. The van der Waals surface area contributed by atoms with E-state index in [1.54, 1.807) is 29.2 Å². The van der Waals surface area contributed by atoms with Gasteiger partial charge in [0.1, 0.15) is 0 Å². The summed E-state index contributed by atoms with van der Waals surface area (Å²) in [5.41, 5.74) is 0.500. The summed E-state index contributed by atoms with van der Waals surface area (Å²) in [6, 6.07) is 10.7. The number of rotatable bonds is 11. The minimum Gasteiger partial charge on any atom is -0.351 e. The molecule has 2 saturated heterocycles. The summed E-state index contributed by atoms with van der Waals surface area (Å²) in [4.78, 5) is 28.1. The van der Waals surface area contributed by atoms with Gasteiger partial charge in [-0.3, -0.25) is 9.59 Å². The van der Waals surface area contributed by atoms with Crippen LogP contribution < -0.4 is 15.4 Å². The predicted octanol–water partition coefficient (Wildman–Crippen LogP) is 4.27. The maximum absolute atomic E-state index is 14.1. The van der Waals surface area contributed by atoms with Crippen molar-refractivity contribution < 1.29 is 40.0 Å². The molecule has 44 heavy (non-hydrogen) atoms. The maximum atomic E-state index is 14.1. The highest BCUT2D eigenvalue weighted by Crippen LogP contribution is 2.34. The molecule has 0 aromatic heterocycles. The van der Waals surface area contributed by atoms with Gasteiger partial charge in [0.15, 0.2) is 0 Å². The first-order valence-corrected chi connectivity index (χ1v) is 15.7. The molecule has 240 valence electrons. The molecule has 3 atom stereocenters. The number of sulfonamides is 1. The fourth-order valence-electron chi connectivity index (χ4n) is 5.56. The lowest BCUT2D eigenvalue weighted by atomic mass is 9.83. The van der Waals surface area contributed by atoms with E-state index in [4.69, 9.17) is 0 Å². The van der Waals surface area contributed by atoms with E-state index in [-0.39, 0.29) is 31.3 Å². The van der Waals surface area contributed by atoms with Crippen LogP contribution in [0, 0.1) is 11.8 Å². The minimum atomic E-state index is -4.49. The number of likely N-dealkylation sites (tertiary alicyclic amines) is 1. The first kappa shape index (κ1) is 33.5. The van der Waals surface area contributed by atoms with Gasteiger partial charge in [-0.2, -0.15) is 13.2 Å². The molecular formula is C30H35F5N4O4S. The molecule has 2 aromatic rings. The maximum Gasteiger partial charge on any atom is 0.416 e. The molecule has 8 nitrogen and oxygen atoms in total. The third kappa shape index (κ3) is 9.08. The van der Waals surface area contributed by atoms with Crippen LogP contribution in [0.2, 0.25) is 0 Å². The van der Waals surface area contributed by atoms with Crippen LogP contribution in [0.25, 0.3) is 0 Å². The quantitative estimate of drug-likeness (QED) is 0.318. The smallest absolute Gasteiger partial charge is 0.351 e. The van der Waals surface area contributed by atoms with Crippen LogP contribution in [0.15, 0.2) is 60.5 Å². The number of nitrogens with one attached hydrogen (secondary N) is 3. The number of carbonyl (C=O) groups is 2. The summed E-state index contributed by atoms with van der Waals surface area (Å²) < 4.78 is 92.6. The van der Waals surface area contributed by atoms with Crippen molar-refractivity contribution >= 4 is 21.8 Å². The van der Waals surface area contributed by atoms with Gasteiger partial charge in [0.25, 0.3) is 11.8 Å². The number of hydrogen-bond acceptors (Lipinski definition) is 5. The molecule has 0 bridgehead atoms. The van der Waals surface area contributed by atoms with Crippen molar-refractivity contribution in [1.82, 2.24) is 20.3 Å². The topological polar surface area (TPSA) is 108 Å². The van der Waals surface area contributed by atoms with Crippen LogP contribution in [-0.2, 0) is 27.5 Å². The van der Waals surface area contributed by atoms with Crippen molar-refractivity contribution in [2.24, 2.45) is 11.8 Å². The predicted molar refractivity (Wildman–Crippen MR) is 154 cm³/mol. The Morgan fingerprint density at radius 2 is 1.77 bits per heavy atom. The average molecular weight is 643 g/mol. The number of piperidine rings is 1. The van der Waals surface area contributed by atoms with E-state index in [9.17, 15) is 40.0 Å². The summed E-state index contributed by atoms with van der Waals surface area (Å²) in [6.45, 7) is 4.04. The molecule has 2 heterocycles. The molecule has 2 aliphatic rings. The molecule has 0 saturated carbocycles. The Kier molecular flexibility index (Phi) is 10.5. The molecule has 4 rings (SSSR count). The van der Waals surface area contributed by atoms with Gasteiger partial charge in [0.2, 0.25) is 15.9 Å². The van der Waals surface area contributed by atoms with Crippen molar-refractivity contribution in [3.63, 3.8) is 0 Å². The molecule has 2 amide bonds. The molecule has 2 fully saturated rings. The Bertz CT molecular complexity index is 1430. The summed E-state index contributed by atoms with van der Waals surface area (Å²) in [5, 5.41) is 6.25. The van der Waals surface area contributed by atoms with Crippen LogP contribution in [0.4, 0.5) is 22.0 Å². The van der Waals surface area contributed by atoms with Gasteiger partial charge in [-0.05, 0) is 66.6 Å². The SMILES string of the molecule is C=CS(=O)(=O)NC[C@H]1CCN(C(=O)c2ccc([C@H](CC3CNCC(F)(F)C3)C(=O)NCc3ccc(C(F)(F)F)cc3)cc2)C1. The van der Waals surface area contributed by atoms with Gasteiger partial charge in [0.05, 0.1) is 18.0 Å². The first-order chi connectivity index (χ1) is 20.7. The van der Waals surface area contributed by atoms with Gasteiger partial charge in [-0.25, -0.2) is 21.9 Å². The van der Waals surface area contributed by atoms with Gasteiger partial charge >= 0.3 is 6.18 Å². The molecular weight excluding hydrogens is 607 g/mol. The standard InChI is InChI=1S/C30H35F5N4O4S/c1-2-44(42,43)38-17-21-11-12-39(18-21)28(41)24-7-5-23(6-8-24)26(13-22-14-29(31,32)19-36-15-22)27(40)37-16-20-3-9-25(10-4-20)30(33,34)35/h2-10,21-22,26,36,38H,1,11-19H2,(H,37,40)/t21-,22?,26+/m1/s1. The van der Waals surface area contributed by atoms with Crippen LogP contribution >= 0.6 is 0 Å². The lowest BCUT2D eigenvalue weighted by molar-refractivity contribution is -0.137. The number of carbonyl (C=O) groups excluding carboxylic acids is 2. The van der Waals surface area contributed by atoms with Crippen molar-refractivity contribution in [1.29, 1.82) is 0 Å². The third-order valence-corrected chi connectivity index (χ3v) is 8.97. The van der Waals surface area contributed by atoms with Crippen LogP contribution in [-0.4, -0.2) is 63.8 Å². The number of hydrogen-bond donors (Lipinski definition) is 3. The van der Waals surface area contributed by atoms with Crippen molar-refractivity contribution in [3.05, 3.63) is 82.8 Å². The van der Waals surface area contributed by atoms with E-state index in [1.165, 1.54) is 12.1 Å². The molecule has 2 aliphatic heterocycles. The second kappa shape index (κ2) is 13.7. The van der Waals surface area contributed by atoms with Gasteiger partial charge in [-0.1, -0.05) is 30.8 Å². The molecule has 0 aliphatic carbocycles. The van der Waals surface area contributed by atoms with Gasteiger partial charge in [-0.15, -0.1) is 0 Å². The van der Waals surface area contributed by atoms with E-state index < -0.39 is 58.4 Å². The summed E-state index contributed by atoms with van der Waals surface area (Å²) in [5.74, 6) is -5.06. The van der Waals surface area contributed by atoms with Crippen LogP contribution in [0.1, 0.15) is 52.2 Å². The fraction of sp³-hybridized carbons (Fsp3) is 0.467. The Morgan fingerprint density at radius 1 is 1.09 bits per heavy atom. The molecule has 0 radical (unpaired) electrons. The molecule has 14 heteroatoms. The highest BCUT2D eigenvalue weighted by Gasteiger charge is 2.38. The minimum absolute atomic E-state index is 0.0534. The number of amides is 2. The summed E-state index contributed by atoms with van der Waals surface area (Å²) in [6.07, 6.45) is -4.16. The molecule has 3 N–H and O–H groups in total. The second-order valence-electron chi connectivity index (χ2n) is 11.3. The van der Waals surface area contributed by atoms with E-state index in [0.717, 1.165) is 17.5 Å². The molecule has 1 unspecified atom stereocenters. The zero-order valence-electron chi connectivity index (χ0n) is 23.9. The number of nitrogens with zero attached hydrogens (tertiary/aromatic N) is 1. The lowest BCUT2D eigenvalue weighted by Gasteiger charge is -2.32. The van der Waals surface area contributed by atoms with Crippen molar-refractivity contribution in [2.75, 3.05) is 32.7 Å². The Labute approximate surface area is 253 Å². The lowest BCUT2D eigenvalue weighted by Crippen LogP contribution is -2.45. The van der Waals surface area contributed by atoms with E-state index in [1.807, 2.05) is 0 Å². The number of alkyl halides is 5. The number of halogens is 5. The second-order valence-corrected chi connectivity index (χ2v) is 13.1. The zero-order valence-corrected chi connectivity index (χ0v) is 24.7. The van der Waals surface area contributed by atoms with Gasteiger partial charge in [0, 0.05) is 43.6 Å². The van der Waals surface area contributed by atoms with Gasteiger partial charge < -0.3 is 15.5 Å². The van der Waals surface area contributed by atoms with E-state index in [2.05, 4.69) is 21.9 Å². The normalized spacial score (nSPS) is 21.1. The highest BCUT2D eigenvalue weighted by molar-refractivity contribution is 7.92. The summed E-state index contributed by atoms with van der Waals surface area (Å²) >= 11 is 0. The Balaban J connectivity index is 1.44. The van der Waals surface area contributed by atoms with Crippen molar-refractivity contribution in [3.8, 4) is 0 Å². The molecule has 2 aromatic carbocycles. The van der Waals surface area contributed by atoms with Crippen molar-refractivity contribution in [2.45, 2.75) is 43.8 Å². The average Bonchev–Trinajstić information content (AvgIpc) is 3.46. The third-order valence-electron chi connectivity index (χ3n) is 7.96. The molecule has 0 spiro atoms. The Hall–Kier alpha value is -3.36. The van der Waals surface area contributed by atoms with Crippen LogP contribution in [0.3, 0.4) is 0 Å².